The zero-order chi connectivity index (χ0) is 12.3. The summed E-state index contributed by atoms with van der Waals surface area (Å²) in [4.78, 5) is 0. The van der Waals surface area contributed by atoms with Crippen LogP contribution in [0.25, 0.3) is 0 Å². The first kappa shape index (κ1) is 11.1. The Bertz CT molecular complexity index is 515. The van der Waals surface area contributed by atoms with Crippen molar-refractivity contribution in [2.24, 2.45) is 0 Å². The molecule has 0 atom stereocenters. The zero-order valence-electron chi connectivity index (χ0n) is 9.14. The van der Waals surface area contributed by atoms with E-state index in [1.807, 2.05) is 0 Å². The van der Waals surface area contributed by atoms with E-state index in [0.29, 0.717) is 17.3 Å². The number of nitrogens with two attached hydrogens (primary N) is 1. The lowest BCUT2D eigenvalue weighted by molar-refractivity contribution is 0.387. The molecule has 3 N–H and O–H groups in total. The Labute approximate surface area is 97.4 Å². The molecule has 5 nitrogen and oxygen atoms in total. The highest BCUT2D eigenvalue weighted by molar-refractivity contribution is 5.58. The number of nitrogens with one attached hydrogen (secondary N) is 1. The molecule has 0 saturated carbocycles. The lowest BCUT2D eigenvalue weighted by Gasteiger charge is -2.07. The molecule has 0 saturated heterocycles. The van der Waals surface area contributed by atoms with Crippen LogP contribution in [0.15, 0.2) is 30.3 Å². The topological polar surface area (TPSA) is 73.1 Å². The maximum absolute atomic E-state index is 13.2. The van der Waals surface area contributed by atoms with Gasteiger partial charge < -0.3 is 15.8 Å². The average molecular weight is 234 g/mol. The number of anilines is 3. The fourth-order valence-corrected chi connectivity index (χ4v) is 1.29. The predicted molar refractivity (Wildman–Crippen MR) is 62.7 cm³/mol. The number of benzene rings is 1. The minimum atomic E-state index is -0.415. The van der Waals surface area contributed by atoms with Gasteiger partial charge in [0.05, 0.1) is 7.11 Å². The Morgan fingerprint density at radius 3 is 2.71 bits per heavy atom. The van der Waals surface area contributed by atoms with Crippen molar-refractivity contribution in [2.45, 2.75) is 0 Å². The highest BCUT2D eigenvalue weighted by atomic mass is 19.1. The Balaban J connectivity index is 2.21. The second-order valence-electron chi connectivity index (χ2n) is 3.32. The molecular formula is C11H11FN4O. The Kier molecular flexibility index (Phi) is 3.04. The first-order valence-corrected chi connectivity index (χ1v) is 4.89. The molecule has 0 fully saturated rings. The Morgan fingerprint density at radius 1 is 1.24 bits per heavy atom. The maximum atomic E-state index is 13.2. The lowest BCUT2D eigenvalue weighted by Crippen LogP contribution is -1.98. The molecule has 0 radical (unpaired) electrons. The largest absolute Gasteiger partial charge is 0.494 e. The molecule has 0 unspecified atom stereocenters. The molecule has 6 heteroatoms. The van der Waals surface area contributed by atoms with Crippen molar-refractivity contribution in [1.29, 1.82) is 0 Å². The highest BCUT2D eigenvalue weighted by Gasteiger charge is 2.04. The van der Waals surface area contributed by atoms with Gasteiger partial charge in [-0.3, -0.25) is 0 Å². The molecule has 1 aromatic carbocycles. The van der Waals surface area contributed by atoms with Gasteiger partial charge in [-0.15, -0.1) is 10.2 Å². The van der Waals surface area contributed by atoms with Crippen LogP contribution in [0.4, 0.5) is 21.7 Å². The van der Waals surface area contributed by atoms with Gasteiger partial charge in [0.25, 0.3) is 0 Å². The molecule has 88 valence electrons. The Morgan fingerprint density at radius 2 is 2.06 bits per heavy atom. The summed E-state index contributed by atoms with van der Waals surface area (Å²) in [5.74, 6) is 0.611. The second-order valence-corrected chi connectivity index (χ2v) is 3.32. The van der Waals surface area contributed by atoms with Crippen molar-refractivity contribution < 1.29 is 9.13 Å². The van der Waals surface area contributed by atoms with Crippen molar-refractivity contribution in [3.8, 4) is 5.75 Å². The smallest absolute Gasteiger partial charge is 0.165 e. The van der Waals surface area contributed by atoms with E-state index in [0.717, 1.165) is 0 Å². The van der Waals surface area contributed by atoms with Crippen molar-refractivity contribution in [1.82, 2.24) is 10.2 Å². The van der Waals surface area contributed by atoms with E-state index in [1.165, 1.54) is 19.2 Å². The van der Waals surface area contributed by atoms with Crippen LogP contribution < -0.4 is 15.8 Å². The summed E-state index contributed by atoms with van der Waals surface area (Å²) in [7, 11) is 1.41. The zero-order valence-corrected chi connectivity index (χ0v) is 9.14. The third-order valence-electron chi connectivity index (χ3n) is 2.11. The van der Waals surface area contributed by atoms with Crippen LogP contribution in [0.1, 0.15) is 0 Å². The second kappa shape index (κ2) is 4.65. The SMILES string of the molecule is COc1cc(Nc2ccc(N)nn2)ccc1F. The van der Waals surface area contributed by atoms with Gasteiger partial charge in [0.2, 0.25) is 0 Å². The van der Waals surface area contributed by atoms with E-state index in [4.69, 9.17) is 10.5 Å². The maximum Gasteiger partial charge on any atom is 0.165 e. The van der Waals surface area contributed by atoms with Crippen LogP contribution >= 0.6 is 0 Å². The first-order chi connectivity index (χ1) is 8.19. The number of halogens is 1. The molecule has 0 bridgehead atoms. The number of ether oxygens (including phenoxy) is 1. The van der Waals surface area contributed by atoms with Gasteiger partial charge in [0, 0.05) is 11.8 Å². The summed E-state index contributed by atoms with van der Waals surface area (Å²) >= 11 is 0. The molecule has 1 aromatic heterocycles. The molecule has 0 aliphatic heterocycles. The number of nitrogens with zero attached hydrogens (tertiary/aromatic N) is 2. The number of hydrogen-bond donors (Lipinski definition) is 2. The van der Waals surface area contributed by atoms with Crippen LogP contribution in [0.2, 0.25) is 0 Å². The summed E-state index contributed by atoms with van der Waals surface area (Å²) in [6, 6.07) is 7.73. The first-order valence-electron chi connectivity index (χ1n) is 4.89. The number of methoxy groups -OCH3 is 1. The summed E-state index contributed by atoms with van der Waals surface area (Å²) in [5.41, 5.74) is 6.07. The molecular weight excluding hydrogens is 223 g/mol. The van der Waals surface area contributed by atoms with E-state index in [1.54, 1.807) is 18.2 Å². The molecule has 1 heterocycles. The van der Waals surface area contributed by atoms with E-state index in [-0.39, 0.29) is 5.75 Å². The monoisotopic (exact) mass is 234 g/mol. The van der Waals surface area contributed by atoms with Crippen molar-refractivity contribution >= 4 is 17.3 Å². The van der Waals surface area contributed by atoms with E-state index in [9.17, 15) is 4.39 Å². The van der Waals surface area contributed by atoms with Crippen LogP contribution in [0, 0.1) is 5.82 Å². The molecule has 17 heavy (non-hydrogen) atoms. The number of rotatable bonds is 3. The third-order valence-corrected chi connectivity index (χ3v) is 2.11. The van der Waals surface area contributed by atoms with Crippen molar-refractivity contribution in [3.63, 3.8) is 0 Å². The third kappa shape index (κ3) is 2.60. The lowest BCUT2D eigenvalue weighted by atomic mass is 10.3. The standard InChI is InChI=1S/C11H11FN4O/c1-17-9-6-7(2-3-8(9)12)14-11-5-4-10(13)15-16-11/h2-6H,1H3,(H2,13,15)(H,14,16). The van der Waals surface area contributed by atoms with Gasteiger partial charge in [-0.25, -0.2) is 4.39 Å². The average Bonchev–Trinajstić information content (AvgIpc) is 2.34. The van der Waals surface area contributed by atoms with Gasteiger partial charge in [-0.05, 0) is 24.3 Å². The predicted octanol–water partition coefficient (Wildman–Crippen LogP) is 1.95. The fraction of sp³-hybridized carbons (Fsp3) is 0.0909. The highest BCUT2D eigenvalue weighted by Crippen LogP contribution is 2.23. The summed E-state index contributed by atoms with van der Waals surface area (Å²) in [6.45, 7) is 0. The Hall–Kier alpha value is -2.37. The molecule has 2 rings (SSSR count). The van der Waals surface area contributed by atoms with Gasteiger partial charge in [0.15, 0.2) is 17.4 Å². The van der Waals surface area contributed by atoms with Crippen LogP contribution in [0.3, 0.4) is 0 Å². The summed E-state index contributed by atoms with van der Waals surface area (Å²) in [5, 5.41) is 10.5. The van der Waals surface area contributed by atoms with Gasteiger partial charge in [-0.2, -0.15) is 0 Å². The summed E-state index contributed by atoms with van der Waals surface area (Å²) in [6.07, 6.45) is 0. The van der Waals surface area contributed by atoms with Gasteiger partial charge >= 0.3 is 0 Å². The van der Waals surface area contributed by atoms with E-state index < -0.39 is 5.82 Å². The minimum Gasteiger partial charge on any atom is -0.494 e. The van der Waals surface area contributed by atoms with Crippen LogP contribution in [-0.2, 0) is 0 Å². The normalized spacial score (nSPS) is 10.0. The van der Waals surface area contributed by atoms with Crippen molar-refractivity contribution in [2.75, 3.05) is 18.2 Å². The minimum absolute atomic E-state index is 0.165. The number of aromatic nitrogens is 2. The molecule has 0 amide bonds. The molecule has 0 spiro atoms. The van der Waals surface area contributed by atoms with E-state index >= 15 is 0 Å². The molecule has 2 aromatic rings. The van der Waals surface area contributed by atoms with Crippen LogP contribution in [-0.4, -0.2) is 17.3 Å². The van der Waals surface area contributed by atoms with Crippen molar-refractivity contribution in [3.05, 3.63) is 36.1 Å². The number of hydrogen-bond acceptors (Lipinski definition) is 5. The summed E-state index contributed by atoms with van der Waals surface area (Å²) < 4.78 is 18.0. The van der Waals surface area contributed by atoms with Gasteiger partial charge in [0.1, 0.15) is 5.82 Å². The molecule has 0 aliphatic carbocycles. The van der Waals surface area contributed by atoms with Crippen LogP contribution in [0.5, 0.6) is 5.75 Å². The quantitative estimate of drug-likeness (QED) is 0.849. The fourth-order valence-electron chi connectivity index (χ4n) is 1.29. The van der Waals surface area contributed by atoms with E-state index in [2.05, 4.69) is 15.5 Å². The van der Waals surface area contributed by atoms with Gasteiger partial charge in [-0.1, -0.05) is 0 Å². The number of nitrogen functional groups attached to an aromatic ring is 1. The molecule has 0 aliphatic rings.